The van der Waals surface area contributed by atoms with Gasteiger partial charge in [0.05, 0.1) is 18.5 Å². The van der Waals surface area contributed by atoms with Gasteiger partial charge >= 0.3 is 0 Å². The van der Waals surface area contributed by atoms with Crippen LogP contribution in [0.15, 0.2) is 30.3 Å². The maximum Gasteiger partial charge on any atom is 0.0840 e. The molecule has 0 aliphatic carbocycles. The Morgan fingerprint density at radius 1 is 0.455 bits per heavy atom. The first kappa shape index (κ1) is 30.7. The zero-order valence-electron chi connectivity index (χ0n) is 23.1. The van der Waals surface area contributed by atoms with Crippen LogP contribution in [-0.4, -0.2) is 19.0 Å². The van der Waals surface area contributed by atoms with Gasteiger partial charge in [-0.2, -0.15) is 0 Å². The zero-order valence-corrected chi connectivity index (χ0v) is 24.0. The number of rotatable bonds is 24. The van der Waals surface area contributed by atoms with Crippen molar-refractivity contribution in [1.29, 1.82) is 0 Å². The van der Waals surface area contributed by atoms with Gasteiger partial charge in [-0.25, -0.2) is 0 Å². The minimum Gasteiger partial charge on any atom is -0.0654 e. The average molecular weight is 476 g/mol. The van der Waals surface area contributed by atoms with Crippen molar-refractivity contribution in [2.45, 2.75) is 148 Å². The van der Waals surface area contributed by atoms with E-state index >= 15 is 0 Å². The number of benzene rings is 1. The Kier molecular flexibility index (Phi) is 20.6. The first-order valence-electron chi connectivity index (χ1n) is 15.1. The molecule has 0 amide bonds. The second-order valence-corrected chi connectivity index (χ2v) is 15.5. The summed E-state index contributed by atoms with van der Waals surface area (Å²) < 4.78 is 0. The highest BCUT2D eigenvalue weighted by molar-refractivity contribution is 7.74. The van der Waals surface area contributed by atoms with Crippen molar-refractivity contribution in [3.05, 3.63) is 35.9 Å². The first-order chi connectivity index (χ1) is 16.2. The van der Waals surface area contributed by atoms with E-state index in [4.69, 9.17) is 0 Å². The molecule has 0 saturated carbocycles. The van der Waals surface area contributed by atoms with Crippen LogP contribution in [0.1, 0.15) is 148 Å². The largest absolute Gasteiger partial charge is 0.0840 e. The van der Waals surface area contributed by atoms with Gasteiger partial charge in [0, 0.05) is 13.9 Å². The third kappa shape index (κ3) is 18.6. The van der Waals surface area contributed by atoms with Crippen LogP contribution in [0.25, 0.3) is 0 Å². The molecular formula is C32H60P+. The van der Waals surface area contributed by atoms with Crippen molar-refractivity contribution in [3.8, 4) is 0 Å². The summed E-state index contributed by atoms with van der Waals surface area (Å²) in [5, 5.41) is 0. The summed E-state index contributed by atoms with van der Waals surface area (Å²) >= 11 is 0. The molecular weight excluding hydrogens is 415 g/mol. The van der Waals surface area contributed by atoms with Gasteiger partial charge in [-0.1, -0.05) is 147 Å². The van der Waals surface area contributed by atoms with Gasteiger partial charge in [0.1, 0.15) is 0 Å². The minimum atomic E-state index is -0.839. The van der Waals surface area contributed by atoms with Crippen molar-refractivity contribution in [3.63, 3.8) is 0 Å². The van der Waals surface area contributed by atoms with Crippen molar-refractivity contribution in [1.82, 2.24) is 0 Å². The summed E-state index contributed by atoms with van der Waals surface area (Å²) in [5.41, 5.74) is 1.59. The predicted octanol–water partition coefficient (Wildman–Crippen LogP) is 11.7. The van der Waals surface area contributed by atoms with E-state index in [2.05, 4.69) is 50.8 Å². The van der Waals surface area contributed by atoms with Crippen LogP contribution in [0, 0.1) is 0 Å². The van der Waals surface area contributed by atoms with Crippen LogP contribution >= 0.6 is 7.26 Å². The summed E-state index contributed by atoms with van der Waals surface area (Å²) in [4.78, 5) is 0. The fraction of sp³-hybridized carbons (Fsp3) is 0.812. The van der Waals surface area contributed by atoms with Crippen LogP contribution in [0.5, 0.6) is 0 Å². The standard InChI is InChI=1S/C32H60P/c1-4-6-8-10-12-14-16-18-20-25-29-33(3,31-32-27-23-22-24-28-32)30-26-21-19-17-15-13-11-9-7-5-2/h22-24,27-28H,4-21,25-26,29-31H2,1-3H3/q+1. The predicted molar refractivity (Wildman–Crippen MR) is 156 cm³/mol. The number of unbranched alkanes of at least 4 members (excludes halogenated alkanes) is 18. The van der Waals surface area contributed by atoms with E-state index in [1.54, 1.807) is 5.56 Å². The lowest BCUT2D eigenvalue weighted by molar-refractivity contribution is 0.561. The van der Waals surface area contributed by atoms with Crippen LogP contribution in [-0.2, 0) is 6.16 Å². The van der Waals surface area contributed by atoms with Gasteiger partial charge < -0.3 is 0 Å². The van der Waals surface area contributed by atoms with E-state index in [1.807, 2.05) is 0 Å². The Hall–Kier alpha value is -0.350. The van der Waals surface area contributed by atoms with Gasteiger partial charge in [0.15, 0.2) is 0 Å². The lowest BCUT2D eigenvalue weighted by Gasteiger charge is -2.24. The van der Waals surface area contributed by atoms with Crippen LogP contribution < -0.4 is 0 Å². The highest BCUT2D eigenvalue weighted by atomic mass is 31.2. The molecule has 0 fully saturated rings. The summed E-state index contributed by atoms with van der Waals surface area (Å²) in [6, 6.07) is 11.4. The molecule has 0 aliphatic heterocycles. The lowest BCUT2D eigenvalue weighted by Crippen LogP contribution is -2.06. The molecule has 0 N–H and O–H groups in total. The highest BCUT2D eigenvalue weighted by Crippen LogP contribution is 2.59. The Morgan fingerprint density at radius 3 is 1.15 bits per heavy atom. The molecule has 1 heteroatoms. The molecule has 0 radical (unpaired) electrons. The summed E-state index contributed by atoms with van der Waals surface area (Å²) in [6.45, 7) is 7.32. The Balaban J connectivity index is 2.22. The normalized spacial score (nSPS) is 11.8. The Labute approximate surface area is 210 Å². The van der Waals surface area contributed by atoms with Gasteiger partial charge in [-0.3, -0.25) is 0 Å². The van der Waals surface area contributed by atoms with E-state index in [0.29, 0.717) is 0 Å². The molecule has 0 nitrogen and oxygen atoms in total. The molecule has 192 valence electrons. The first-order valence-corrected chi connectivity index (χ1v) is 17.9. The monoisotopic (exact) mass is 475 g/mol. The number of hydrogen-bond donors (Lipinski definition) is 0. The lowest BCUT2D eigenvalue weighted by atomic mass is 10.1. The Morgan fingerprint density at radius 2 is 0.788 bits per heavy atom. The number of hydrogen-bond acceptors (Lipinski definition) is 0. The van der Waals surface area contributed by atoms with Crippen molar-refractivity contribution in [2.75, 3.05) is 19.0 Å². The van der Waals surface area contributed by atoms with Crippen molar-refractivity contribution < 1.29 is 0 Å². The summed E-state index contributed by atoms with van der Waals surface area (Å²) in [7, 11) is -0.839. The SMILES string of the molecule is CCCCCCCCCCCC[P+](C)(CCCCCCCCCCCC)Cc1ccccc1. The van der Waals surface area contributed by atoms with E-state index in [1.165, 1.54) is 147 Å². The molecule has 0 unspecified atom stereocenters. The van der Waals surface area contributed by atoms with Gasteiger partial charge in [-0.15, -0.1) is 0 Å². The minimum absolute atomic E-state index is 0.839. The second kappa shape index (κ2) is 22.1. The molecule has 0 bridgehead atoms. The van der Waals surface area contributed by atoms with E-state index in [-0.39, 0.29) is 0 Å². The van der Waals surface area contributed by atoms with Crippen molar-refractivity contribution >= 4 is 7.26 Å². The summed E-state index contributed by atoms with van der Waals surface area (Å²) in [5.74, 6) is 0. The Bertz CT molecular complexity index is 484. The zero-order chi connectivity index (χ0) is 23.9. The summed E-state index contributed by atoms with van der Waals surface area (Å²) in [6.07, 6.45) is 33.5. The molecule has 0 aromatic heterocycles. The molecule has 0 heterocycles. The van der Waals surface area contributed by atoms with E-state index < -0.39 is 7.26 Å². The molecule has 1 aromatic carbocycles. The highest BCUT2D eigenvalue weighted by Gasteiger charge is 2.30. The van der Waals surface area contributed by atoms with E-state index in [9.17, 15) is 0 Å². The molecule has 1 aromatic rings. The van der Waals surface area contributed by atoms with Gasteiger partial charge in [0.2, 0.25) is 0 Å². The van der Waals surface area contributed by atoms with Crippen LogP contribution in [0.2, 0.25) is 0 Å². The van der Waals surface area contributed by atoms with Crippen molar-refractivity contribution in [2.24, 2.45) is 0 Å². The third-order valence-corrected chi connectivity index (χ3v) is 11.4. The fourth-order valence-corrected chi connectivity index (χ4v) is 8.86. The fourth-order valence-electron chi connectivity index (χ4n) is 5.26. The topological polar surface area (TPSA) is 0 Å². The smallest absolute Gasteiger partial charge is 0.0654 e. The van der Waals surface area contributed by atoms with Crippen LogP contribution in [0.4, 0.5) is 0 Å². The molecule has 0 saturated heterocycles. The molecule has 0 spiro atoms. The second-order valence-electron chi connectivity index (χ2n) is 11.1. The molecule has 0 atom stereocenters. The van der Waals surface area contributed by atoms with E-state index in [0.717, 1.165) is 0 Å². The van der Waals surface area contributed by atoms with Crippen LogP contribution in [0.3, 0.4) is 0 Å². The maximum atomic E-state index is 2.70. The quantitative estimate of drug-likeness (QED) is 0.103. The molecule has 1 rings (SSSR count). The average Bonchev–Trinajstić information content (AvgIpc) is 2.82. The van der Waals surface area contributed by atoms with Gasteiger partial charge in [0.25, 0.3) is 0 Å². The molecule has 33 heavy (non-hydrogen) atoms. The maximum absolute atomic E-state index is 2.70. The van der Waals surface area contributed by atoms with Gasteiger partial charge in [-0.05, 0) is 31.2 Å². The third-order valence-electron chi connectivity index (χ3n) is 7.51. The molecule has 0 aliphatic rings.